The van der Waals surface area contributed by atoms with Crippen molar-refractivity contribution in [2.75, 3.05) is 0 Å². The predicted molar refractivity (Wildman–Crippen MR) is 54.9 cm³/mol. The van der Waals surface area contributed by atoms with Crippen molar-refractivity contribution in [1.82, 2.24) is 0 Å². The van der Waals surface area contributed by atoms with Gasteiger partial charge in [0, 0.05) is 29.2 Å². The molecule has 0 aliphatic heterocycles. The van der Waals surface area contributed by atoms with Gasteiger partial charge in [-0.05, 0) is 13.8 Å². The first-order valence-electron chi connectivity index (χ1n) is 4.64. The van der Waals surface area contributed by atoms with Gasteiger partial charge in [0.25, 0.3) is 0 Å². The second kappa shape index (κ2) is 9.45. The van der Waals surface area contributed by atoms with E-state index in [-0.39, 0.29) is 29.2 Å². The zero-order valence-corrected chi connectivity index (χ0v) is 11.4. The molecule has 2 N–H and O–H groups in total. The number of aliphatic hydroxyl groups excluding tert-OH is 2. The molecule has 0 aromatic rings. The van der Waals surface area contributed by atoms with E-state index >= 15 is 0 Å². The summed E-state index contributed by atoms with van der Waals surface area (Å²) in [5.41, 5.74) is 0. The third-order valence-corrected chi connectivity index (χ3v) is 1.26. The van der Waals surface area contributed by atoms with Gasteiger partial charge in [0.2, 0.25) is 11.5 Å². The van der Waals surface area contributed by atoms with Crippen LogP contribution in [0.15, 0.2) is 23.7 Å². The van der Waals surface area contributed by atoms with Crippen molar-refractivity contribution in [3.05, 3.63) is 23.7 Å². The van der Waals surface area contributed by atoms with Crippen LogP contribution in [0.3, 0.4) is 0 Å². The molecule has 0 aliphatic rings. The second-order valence-electron chi connectivity index (χ2n) is 3.28. The molecule has 0 saturated carbocycles. The first kappa shape index (κ1) is 24.5. The van der Waals surface area contributed by atoms with Crippen molar-refractivity contribution in [1.29, 1.82) is 0 Å². The van der Waals surface area contributed by atoms with Crippen molar-refractivity contribution in [3.63, 3.8) is 0 Å². The Hall–Kier alpha value is -1.48. The molecular formula is C10H10CuF6O4. The number of alkyl halides is 6. The van der Waals surface area contributed by atoms with E-state index < -0.39 is 35.4 Å². The van der Waals surface area contributed by atoms with Crippen LogP contribution < -0.4 is 0 Å². The van der Waals surface area contributed by atoms with Crippen LogP contribution in [0.1, 0.15) is 13.8 Å². The maximum Gasteiger partial charge on any atom is 0.448 e. The van der Waals surface area contributed by atoms with E-state index in [4.69, 9.17) is 10.2 Å². The van der Waals surface area contributed by atoms with E-state index in [1.807, 2.05) is 0 Å². The number of aliphatic hydroxyl groups is 2. The van der Waals surface area contributed by atoms with Crippen LogP contribution in [0.4, 0.5) is 26.3 Å². The summed E-state index contributed by atoms with van der Waals surface area (Å²) in [5, 5.41) is 16.1. The molecule has 0 aromatic heterocycles. The fourth-order valence-electron chi connectivity index (χ4n) is 0.549. The van der Waals surface area contributed by atoms with E-state index in [2.05, 4.69) is 0 Å². The molecular weight excluding hydrogens is 362 g/mol. The van der Waals surface area contributed by atoms with Crippen LogP contribution in [0.2, 0.25) is 0 Å². The summed E-state index contributed by atoms with van der Waals surface area (Å²) in [7, 11) is 0. The summed E-state index contributed by atoms with van der Waals surface area (Å²) in [6.45, 7) is 1.84. The average molecular weight is 372 g/mol. The monoisotopic (exact) mass is 371 g/mol. The molecule has 0 spiro atoms. The van der Waals surface area contributed by atoms with Gasteiger partial charge in [0.05, 0.1) is 0 Å². The standard InChI is InChI=1S/2C5H5F3O2.Cu/c2*1-3(9)2-4(10)5(6,7)8;/h2*2,10H,1H3;. The number of ketones is 2. The Bertz CT molecular complexity index is 382. The third kappa shape index (κ3) is 14.7. The zero-order valence-electron chi connectivity index (χ0n) is 10.4. The third-order valence-electron chi connectivity index (χ3n) is 1.26. The minimum atomic E-state index is -4.81. The Labute approximate surface area is 125 Å². The molecule has 0 unspecified atom stereocenters. The number of hydrogen-bond donors (Lipinski definition) is 2. The van der Waals surface area contributed by atoms with Gasteiger partial charge in [-0.15, -0.1) is 0 Å². The normalized spacial score (nSPS) is 12.8. The molecule has 21 heavy (non-hydrogen) atoms. The van der Waals surface area contributed by atoms with Crippen LogP contribution in [-0.2, 0) is 26.7 Å². The number of hydrogen-bond acceptors (Lipinski definition) is 4. The van der Waals surface area contributed by atoms with Gasteiger partial charge in [0.15, 0.2) is 11.6 Å². The molecule has 1 radical (unpaired) electrons. The van der Waals surface area contributed by atoms with Crippen molar-refractivity contribution in [2.24, 2.45) is 0 Å². The summed E-state index contributed by atoms with van der Waals surface area (Å²) in [4.78, 5) is 19.9. The van der Waals surface area contributed by atoms with Gasteiger partial charge in [-0.2, -0.15) is 26.3 Å². The topological polar surface area (TPSA) is 74.6 Å². The Morgan fingerprint density at radius 1 is 0.762 bits per heavy atom. The molecule has 127 valence electrons. The number of carbonyl (C=O) groups is 2. The quantitative estimate of drug-likeness (QED) is 0.338. The molecule has 0 aliphatic carbocycles. The largest absolute Gasteiger partial charge is 0.504 e. The second-order valence-corrected chi connectivity index (χ2v) is 3.28. The summed E-state index contributed by atoms with van der Waals surface area (Å²) in [6, 6.07) is 0. The maximum absolute atomic E-state index is 11.3. The van der Waals surface area contributed by atoms with Gasteiger partial charge in [0.1, 0.15) is 0 Å². The average Bonchev–Trinajstić information content (AvgIpc) is 2.13. The number of allylic oxidation sites excluding steroid dienone is 4. The van der Waals surface area contributed by atoms with E-state index in [9.17, 15) is 35.9 Å². The van der Waals surface area contributed by atoms with Crippen LogP contribution in [-0.4, -0.2) is 34.1 Å². The Kier molecular flexibility index (Phi) is 11.0. The molecule has 4 nitrogen and oxygen atoms in total. The van der Waals surface area contributed by atoms with Gasteiger partial charge < -0.3 is 10.2 Å². The van der Waals surface area contributed by atoms with Crippen molar-refractivity contribution < 1.29 is 63.2 Å². The van der Waals surface area contributed by atoms with Crippen molar-refractivity contribution in [3.8, 4) is 0 Å². The Morgan fingerprint density at radius 2 is 0.952 bits per heavy atom. The fourth-order valence-corrected chi connectivity index (χ4v) is 0.549. The van der Waals surface area contributed by atoms with Crippen LogP contribution in [0.5, 0.6) is 0 Å². The summed E-state index contributed by atoms with van der Waals surface area (Å²) >= 11 is 0. The fraction of sp³-hybridized carbons (Fsp3) is 0.400. The number of carbonyl (C=O) groups excluding carboxylic acids is 2. The molecule has 0 amide bonds. The van der Waals surface area contributed by atoms with Gasteiger partial charge in [-0.3, -0.25) is 9.59 Å². The first-order chi connectivity index (χ1) is 8.67. The van der Waals surface area contributed by atoms with Crippen molar-refractivity contribution in [2.45, 2.75) is 26.2 Å². The Morgan fingerprint density at radius 3 is 1.00 bits per heavy atom. The van der Waals surface area contributed by atoms with Crippen LogP contribution >= 0.6 is 0 Å². The molecule has 0 bridgehead atoms. The van der Waals surface area contributed by atoms with E-state index in [1.165, 1.54) is 0 Å². The van der Waals surface area contributed by atoms with Gasteiger partial charge >= 0.3 is 12.4 Å². The number of halogens is 6. The van der Waals surface area contributed by atoms with Gasteiger partial charge in [-0.1, -0.05) is 0 Å². The molecule has 11 heteroatoms. The summed E-state index contributed by atoms with van der Waals surface area (Å²) in [6.07, 6.45) is -9.38. The number of rotatable bonds is 2. The molecule has 0 atom stereocenters. The summed E-state index contributed by atoms with van der Waals surface area (Å²) < 4.78 is 68.0. The molecule has 0 heterocycles. The van der Waals surface area contributed by atoms with E-state index in [1.54, 1.807) is 0 Å². The summed E-state index contributed by atoms with van der Waals surface area (Å²) in [5.74, 6) is -5.40. The first-order valence-corrected chi connectivity index (χ1v) is 4.64. The molecule has 0 rings (SSSR count). The smallest absolute Gasteiger partial charge is 0.448 e. The van der Waals surface area contributed by atoms with E-state index in [0.29, 0.717) is 0 Å². The minimum Gasteiger partial charge on any atom is -0.504 e. The van der Waals surface area contributed by atoms with E-state index in [0.717, 1.165) is 13.8 Å². The maximum atomic E-state index is 11.3. The van der Waals surface area contributed by atoms with Crippen molar-refractivity contribution >= 4 is 11.6 Å². The minimum absolute atomic E-state index is 0. The SMILES string of the molecule is CC(=O)C=C(O)C(F)(F)F.CC(=O)C=C(O)C(F)(F)F.[Cu]. The van der Waals surface area contributed by atoms with Crippen LogP contribution in [0.25, 0.3) is 0 Å². The predicted octanol–water partition coefficient (Wildman–Crippen LogP) is 3.16. The Balaban J connectivity index is -0.000000295. The molecule has 0 saturated heterocycles. The zero-order chi connectivity index (χ0) is 16.7. The van der Waals surface area contributed by atoms with Crippen LogP contribution in [0, 0.1) is 0 Å². The molecule has 0 fully saturated rings. The molecule has 0 aromatic carbocycles. The van der Waals surface area contributed by atoms with Gasteiger partial charge in [-0.25, -0.2) is 0 Å².